The molecule has 0 heterocycles. The van der Waals surface area contributed by atoms with Crippen LogP contribution in [0.25, 0.3) is 0 Å². The largest absolute Gasteiger partial charge is 0.508 e. The number of phenolic OH excluding ortho intramolecular Hbond substituents is 2. The van der Waals surface area contributed by atoms with E-state index < -0.39 is 41.6 Å². The lowest BCUT2D eigenvalue weighted by Crippen LogP contribution is -2.56. The third-order valence-electron chi connectivity index (χ3n) is 6.71. The van der Waals surface area contributed by atoms with Gasteiger partial charge in [-0.05, 0) is 75.1 Å². The monoisotopic (exact) mass is 575 g/mol. The fourth-order valence-corrected chi connectivity index (χ4v) is 4.51. The lowest BCUT2D eigenvalue weighted by molar-refractivity contribution is -0.145. The van der Waals surface area contributed by atoms with Crippen LogP contribution in [-0.2, 0) is 27.3 Å². The quantitative estimate of drug-likeness (QED) is 0.248. The topological polar surface area (TPSA) is 128 Å². The predicted octanol–water partition coefficient (Wildman–Crippen LogP) is 5.22. The number of alkyl carbamates (subject to hydrolysis) is 1. The van der Waals surface area contributed by atoms with E-state index in [0.717, 1.165) is 5.56 Å². The second kappa shape index (κ2) is 14.4. The third kappa shape index (κ3) is 9.26. The molecule has 0 fully saturated rings. The van der Waals surface area contributed by atoms with Gasteiger partial charge in [-0.1, -0.05) is 61.5 Å². The molecule has 0 radical (unpaired) electrons. The molecule has 224 valence electrons. The summed E-state index contributed by atoms with van der Waals surface area (Å²) in [7, 11) is 0. The van der Waals surface area contributed by atoms with Gasteiger partial charge in [-0.3, -0.25) is 9.59 Å². The van der Waals surface area contributed by atoms with Gasteiger partial charge in [-0.15, -0.1) is 0 Å². The average molecular weight is 576 g/mol. The summed E-state index contributed by atoms with van der Waals surface area (Å²) in [6.07, 6.45) is -0.166. The van der Waals surface area contributed by atoms with Gasteiger partial charge < -0.3 is 30.5 Å². The molecule has 0 saturated heterocycles. The number of phenols is 2. The fourth-order valence-electron chi connectivity index (χ4n) is 4.51. The van der Waals surface area contributed by atoms with E-state index in [1.54, 1.807) is 45.0 Å². The molecule has 0 aliphatic rings. The zero-order valence-corrected chi connectivity index (χ0v) is 24.8. The van der Waals surface area contributed by atoms with E-state index >= 15 is 0 Å². The lowest BCUT2D eigenvalue weighted by Gasteiger charge is -2.38. The smallest absolute Gasteiger partial charge is 0.408 e. The van der Waals surface area contributed by atoms with Crippen molar-refractivity contribution in [3.8, 4) is 11.5 Å². The van der Waals surface area contributed by atoms with E-state index in [2.05, 4.69) is 10.6 Å². The summed E-state index contributed by atoms with van der Waals surface area (Å²) < 4.78 is 5.46. The number of nitrogens with zero attached hydrogens (tertiary/aromatic N) is 1. The number of rotatable bonds is 11. The molecule has 4 N–H and O–H groups in total. The number of aromatic hydroxyl groups is 2. The highest BCUT2D eigenvalue weighted by Gasteiger charge is 2.38. The number of hydrogen-bond donors (Lipinski definition) is 4. The minimum absolute atomic E-state index is 0.0440. The molecule has 3 aromatic rings. The minimum Gasteiger partial charge on any atom is -0.508 e. The van der Waals surface area contributed by atoms with Gasteiger partial charge in [0.2, 0.25) is 11.8 Å². The molecular formula is C33H41N3O6. The first-order valence-corrected chi connectivity index (χ1v) is 14.1. The van der Waals surface area contributed by atoms with Crippen LogP contribution in [0.1, 0.15) is 63.8 Å². The minimum atomic E-state index is -1.11. The fraction of sp³-hybridized carbons (Fsp3) is 0.364. The van der Waals surface area contributed by atoms with Gasteiger partial charge in [0.15, 0.2) is 0 Å². The Hall–Kier alpha value is -4.53. The first-order valence-electron chi connectivity index (χ1n) is 14.1. The van der Waals surface area contributed by atoms with Crippen LogP contribution in [0.2, 0.25) is 0 Å². The van der Waals surface area contributed by atoms with Crippen LogP contribution in [-0.4, -0.2) is 50.7 Å². The number of carbonyl (C=O) groups excluding carboxylic acids is 3. The Morgan fingerprint density at radius 3 is 2.14 bits per heavy atom. The first kappa shape index (κ1) is 32.0. The molecule has 42 heavy (non-hydrogen) atoms. The van der Waals surface area contributed by atoms with E-state index in [-0.39, 0.29) is 24.5 Å². The maximum absolute atomic E-state index is 14.5. The van der Waals surface area contributed by atoms with Crippen molar-refractivity contribution in [2.24, 2.45) is 0 Å². The third-order valence-corrected chi connectivity index (χ3v) is 6.71. The van der Waals surface area contributed by atoms with Crippen molar-refractivity contribution in [3.05, 3.63) is 95.6 Å². The Morgan fingerprint density at radius 1 is 0.881 bits per heavy atom. The Bertz CT molecular complexity index is 1340. The molecule has 0 saturated carbocycles. The highest BCUT2D eigenvalue weighted by molar-refractivity contribution is 5.92. The van der Waals surface area contributed by atoms with E-state index in [0.29, 0.717) is 17.5 Å². The Morgan fingerprint density at radius 2 is 1.55 bits per heavy atom. The molecule has 0 aliphatic carbocycles. The number of ether oxygens (including phenoxy) is 1. The van der Waals surface area contributed by atoms with Gasteiger partial charge in [0.25, 0.3) is 0 Å². The van der Waals surface area contributed by atoms with Crippen molar-refractivity contribution >= 4 is 17.9 Å². The van der Waals surface area contributed by atoms with Gasteiger partial charge in [0, 0.05) is 19.0 Å². The standard InChI is InChI=1S/C33H41N3O6/c1-6-22(2)36(29(25-13-10-14-27(38)20-25)30(39)34-21-24-11-8-7-9-12-24)31(40)28(35-32(41)42-33(3,4)5)19-23-15-17-26(37)18-16-23/h7-18,20,22,28-29,37-38H,6,19,21H2,1-5H3,(H,34,39)(H,35,41). The zero-order valence-electron chi connectivity index (χ0n) is 24.8. The SMILES string of the molecule is CCC(C)N(C(=O)C(Cc1ccc(O)cc1)NC(=O)OC(C)(C)C)C(C(=O)NCc1ccccc1)c1cccc(O)c1. The summed E-state index contributed by atoms with van der Waals surface area (Å²) in [5.41, 5.74) is 1.20. The van der Waals surface area contributed by atoms with E-state index in [4.69, 9.17) is 4.74 Å². The van der Waals surface area contributed by atoms with Crippen molar-refractivity contribution in [1.29, 1.82) is 0 Å². The van der Waals surface area contributed by atoms with Gasteiger partial charge in [0.05, 0.1) is 0 Å². The maximum Gasteiger partial charge on any atom is 0.408 e. The van der Waals surface area contributed by atoms with Crippen LogP contribution < -0.4 is 10.6 Å². The molecule has 3 amide bonds. The molecule has 3 aromatic carbocycles. The summed E-state index contributed by atoms with van der Waals surface area (Å²) in [5, 5.41) is 25.7. The molecule has 0 aliphatic heterocycles. The van der Waals surface area contributed by atoms with Crippen molar-refractivity contribution in [3.63, 3.8) is 0 Å². The highest BCUT2D eigenvalue weighted by atomic mass is 16.6. The van der Waals surface area contributed by atoms with Crippen LogP contribution in [0.5, 0.6) is 11.5 Å². The van der Waals surface area contributed by atoms with Gasteiger partial charge >= 0.3 is 6.09 Å². The van der Waals surface area contributed by atoms with E-state index in [1.165, 1.54) is 29.2 Å². The van der Waals surface area contributed by atoms with Gasteiger partial charge in [-0.2, -0.15) is 0 Å². The van der Waals surface area contributed by atoms with Crippen molar-refractivity contribution in [1.82, 2.24) is 15.5 Å². The lowest BCUT2D eigenvalue weighted by atomic mass is 9.97. The molecule has 0 spiro atoms. The maximum atomic E-state index is 14.5. The van der Waals surface area contributed by atoms with Crippen LogP contribution in [0, 0.1) is 0 Å². The van der Waals surface area contributed by atoms with Crippen molar-refractivity contribution < 1.29 is 29.3 Å². The van der Waals surface area contributed by atoms with Crippen LogP contribution in [0.3, 0.4) is 0 Å². The summed E-state index contributed by atoms with van der Waals surface area (Å²) in [5.74, 6) is -0.898. The van der Waals surface area contributed by atoms with Crippen LogP contribution in [0.15, 0.2) is 78.9 Å². The molecule has 3 rings (SSSR count). The summed E-state index contributed by atoms with van der Waals surface area (Å²) >= 11 is 0. The molecule has 3 unspecified atom stereocenters. The summed E-state index contributed by atoms with van der Waals surface area (Å²) in [4.78, 5) is 42.7. The summed E-state index contributed by atoms with van der Waals surface area (Å²) in [6.45, 7) is 9.16. The number of benzene rings is 3. The van der Waals surface area contributed by atoms with Crippen molar-refractivity contribution in [2.45, 2.75) is 77.7 Å². The van der Waals surface area contributed by atoms with E-state index in [9.17, 15) is 24.6 Å². The second-order valence-corrected chi connectivity index (χ2v) is 11.3. The number of hydrogen-bond acceptors (Lipinski definition) is 6. The molecule has 0 aromatic heterocycles. The van der Waals surface area contributed by atoms with Gasteiger partial charge in [0.1, 0.15) is 29.2 Å². The Balaban J connectivity index is 2.04. The molecule has 9 nitrogen and oxygen atoms in total. The normalized spacial score (nSPS) is 13.4. The molecule has 3 atom stereocenters. The molecular weight excluding hydrogens is 534 g/mol. The molecule has 9 heteroatoms. The van der Waals surface area contributed by atoms with E-state index in [1.807, 2.05) is 44.2 Å². The number of nitrogens with one attached hydrogen (secondary N) is 2. The first-order chi connectivity index (χ1) is 19.9. The number of amides is 3. The predicted molar refractivity (Wildman–Crippen MR) is 161 cm³/mol. The average Bonchev–Trinajstić information content (AvgIpc) is 2.94. The van der Waals surface area contributed by atoms with Crippen molar-refractivity contribution in [2.75, 3.05) is 0 Å². The Labute approximate surface area is 247 Å². The summed E-state index contributed by atoms with van der Waals surface area (Å²) in [6, 6.07) is 19.4. The highest BCUT2D eigenvalue weighted by Crippen LogP contribution is 2.29. The second-order valence-electron chi connectivity index (χ2n) is 11.3. The zero-order chi connectivity index (χ0) is 30.9. The number of carbonyl (C=O) groups is 3. The Kier molecular flexibility index (Phi) is 11.0. The van der Waals surface area contributed by atoms with Gasteiger partial charge in [-0.25, -0.2) is 4.79 Å². The molecule has 0 bridgehead atoms. The van der Waals surface area contributed by atoms with Crippen LogP contribution >= 0.6 is 0 Å². The van der Waals surface area contributed by atoms with Crippen LogP contribution in [0.4, 0.5) is 4.79 Å².